The van der Waals surface area contributed by atoms with E-state index >= 15 is 0 Å². The van der Waals surface area contributed by atoms with Crippen molar-refractivity contribution in [2.75, 3.05) is 19.3 Å². The third-order valence-electron chi connectivity index (χ3n) is 4.00. The van der Waals surface area contributed by atoms with Crippen LogP contribution in [0.3, 0.4) is 0 Å². The third-order valence-corrected chi connectivity index (χ3v) is 4.00. The molecule has 0 aliphatic carbocycles. The fourth-order valence-electron chi connectivity index (χ4n) is 2.64. The van der Waals surface area contributed by atoms with Crippen LogP contribution >= 0.6 is 0 Å². The molecular formula is C15H23N3O. The summed E-state index contributed by atoms with van der Waals surface area (Å²) in [5.41, 5.74) is 7.75. The fourth-order valence-corrected chi connectivity index (χ4v) is 2.64. The molecule has 1 saturated heterocycles. The zero-order valence-electron chi connectivity index (χ0n) is 11.7. The Labute approximate surface area is 115 Å². The molecule has 1 heterocycles. The Morgan fingerprint density at radius 2 is 2.21 bits per heavy atom. The van der Waals surface area contributed by atoms with Crippen LogP contribution in [0, 0.1) is 0 Å². The summed E-state index contributed by atoms with van der Waals surface area (Å²) in [5.74, 6) is 0.149. The van der Waals surface area contributed by atoms with Crippen LogP contribution in [0.4, 0.5) is 5.69 Å². The number of carbonyl (C=O) groups excluding carboxylic acids is 1. The van der Waals surface area contributed by atoms with E-state index in [1.54, 1.807) is 0 Å². The third kappa shape index (κ3) is 3.26. The molecule has 4 nitrogen and oxygen atoms in total. The number of amides is 1. The van der Waals surface area contributed by atoms with Gasteiger partial charge < -0.3 is 11.1 Å². The van der Waals surface area contributed by atoms with Gasteiger partial charge in [-0.15, -0.1) is 0 Å². The molecule has 0 spiro atoms. The molecule has 1 fully saturated rings. The van der Waals surface area contributed by atoms with Gasteiger partial charge in [-0.1, -0.05) is 12.1 Å². The van der Waals surface area contributed by atoms with E-state index in [-0.39, 0.29) is 18.0 Å². The molecule has 0 saturated carbocycles. The van der Waals surface area contributed by atoms with E-state index in [0.29, 0.717) is 0 Å². The molecule has 104 valence electrons. The van der Waals surface area contributed by atoms with E-state index in [9.17, 15) is 4.79 Å². The van der Waals surface area contributed by atoms with Gasteiger partial charge >= 0.3 is 0 Å². The normalized spacial score (nSPS) is 21.8. The molecule has 2 rings (SSSR count). The number of benzene rings is 1. The predicted octanol–water partition coefficient (Wildman–Crippen LogP) is 1.93. The molecule has 19 heavy (non-hydrogen) atoms. The monoisotopic (exact) mass is 261 g/mol. The van der Waals surface area contributed by atoms with Gasteiger partial charge in [0.15, 0.2) is 0 Å². The average molecular weight is 261 g/mol. The Balaban J connectivity index is 2.13. The van der Waals surface area contributed by atoms with Crippen LogP contribution in [0.25, 0.3) is 0 Å². The van der Waals surface area contributed by atoms with Gasteiger partial charge in [-0.3, -0.25) is 9.69 Å². The number of rotatable bonds is 3. The first-order valence-corrected chi connectivity index (χ1v) is 6.94. The minimum atomic E-state index is -0.0427. The van der Waals surface area contributed by atoms with E-state index in [2.05, 4.69) is 23.2 Å². The van der Waals surface area contributed by atoms with Crippen LogP contribution in [-0.4, -0.2) is 30.4 Å². The summed E-state index contributed by atoms with van der Waals surface area (Å²) in [5, 5.41) is 2.99. The lowest BCUT2D eigenvalue weighted by atomic mass is 10.0. The molecule has 3 N–H and O–H groups in total. The fraction of sp³-hybridized carbons (Fsp3) is 0.533. The summed E-state index contributed by atoms with van der Waals surface area (Å²) in [6, 6.07) is 8.02. The van der Waals surface area contributed by atoms with E-state index in [0.717, 1.165) is 37.1 Å². The number of nitrogen functional groups attached to an aromatic ring is 1. The summed E-state index contributed by atoms with van der Waals surface area (Å²) < 4.78 is 0. The molecule has 4 heteroatoms. The molecule has 0 aromatic heterocycles. The minimum absolute atomic E-state index is 0.0427. The topological polar surface area (TPSA) is 58.4 Å². The Morgan fingerprint density at radius 1 is 1.42 bits per heavy atom. The van der Waals surface area contributed by atoms with Crippen molar-refractivity contribution in [2.24, 2.45) is 0 Å². The van der Waals surface area contributed by atoms with Gasteiger partial charge in [0.1, 0.15) is 0 Å². The molecule has 2 atom stereocenters. The van der Waals surface area contributed by atoms with E-state index in [1.165, 1.54) is 0 Å². The number of nitrogens with one attached hydrogen (secondary N) is 1. The van der Waals surface area contributed by atoms with Gasteiger partial charge in [-0.2, -0.15) is 0 Å². The second-order valence-electron chi connectivity index (χ2n) is 5.31. The smallest absolute Gasteiger partial charge is 0.237 e. The summed E-state index contributed by atoms with van der Waals surface area (Å²) in [7, 11) is 2.02. The average Bonchev–Trinajstić information content (AvgIpc) is 2.62. The lowest BCUT2D eigenvalue weighted by Crippen LogP contribution is -2.44. The first-order chi connectivity index (χ1) is 9.09. The minimum Gasteiger partial charge on any atom is -0.399 e. The van der Waals surface area contributed by atoms with Crippen LogP contribution in [0.15, 0.2) is 24.3 Å². The van der Waals surface area contributed by atoms with Crippen molar-refractivity contribution in [2.45, 2.75) is 38.3 Å². The number of carbonyl (C=O) groups is 1. The van der Waals surface area contributed by atoms with Gasteiger partial charge in [0.2, 0.25) is 5.91 Å². The van der Waals surface area contributed by atoms with Gasteiger partial charge in [0.25, 0.3) is 0 Å². The zero-order valence-corrected chi connectivity index (χ0v) is 11.7. The molecule has 1 amide bonds. The highest BCUT2D eigenvalue weighted by Gasteiger charge is 2.28. The van der Waals surface area contributed by atoms with Crippen molar-refractivity contribution >= 4 is 11.6 Å². The number of anilines is 1. The van der Waals surface area contributed by atoms with Gasteiger partial charge in [-0.25, -0.2) is 0 Å². The zero-order chi connectivity index (χ0) is 13.8. The number of hydrogen-bond donors (Lipinski definition) is 2. The number of nitrogens with two attached hydrogens (primary N) is 1. The number of hydrogen-bond acceptors (Lipinski definition) is 3. The van der Waals surface area contributed by atoms with Crippen molar-refractivity contribution < 1.29 is 4.79 Å². The van der Waals surface area contributed by atoms with Crippen LogP contribution in [-0.2, 0) is 4.79 Å². The number of likely N-dealkylation sites (N-methyl/N-ethyl adjacent to an activating group) is 1. The maximum absolute atomic E-state index is 12.1. The Kier molecular flexibility index (Phi) is 4.43. The standard InChI is InChI=1S/C15H23N3O/c1-11(12-6-5-7-13(16)10-12)18(2)14-8-3-4-9-17-15(14)19/h5-7,10-11,14H,3-4,8-9,16H2,1-2H3,(H,17,19). The maximum atomic E-state index is 12.1. The molecular weight excluding hydrogens is 238 g/mol. The van der Waals surface area contributed by atoms with Crippen molar-refractivity contribution in [3.63, 3.8) is 0 Å². The molecule has 1 aliphatic heterocycles. The van der Waals surface area contributed by atoms with Crippen LogP contribution < -0.4 is 11.1 Å². The van der Waals surface area contributed by atoms with Gasteiger partial charge in [0.05, 0.1) is 6.04 Å². The Bertz CT molecular complexity index is 447. The largest absolute Gasteiger partial charge is 0.399 e. The summed E-state index contributed by atoms with van der Waals surface area (Å²) >= 11 is 0. The summed E-state index contributed by atoms with van der Waals surface area (Å²) in [6.45, 7) is 2.92. The molecule has 1 aliphatic rings. The molecule has 0 radical (unpaired) electrons. The van der Waals surface area contributed by atoms with Crippen LogP contribution in [0.2, 0.25) is 0 Å². The van der Waals surface area contributed by atoms with Crippen LogP contribution in [0.5, 0.6) is 0 Å². The molecule has 0 bridgehead atoms. The number of nitrogens with zero attached hydrogens (tertiary/aromatic N) is 1. The first kappa shape index (κ1) is 13.9. The second-order valence-corrected chi connectivity index (χ2v) is 5.31. The van der Waals surface area contributed by atoms with Crippen molar-refractivity contribution in [3.8, 4) is 0 Å². The molecule has 1 aromatic carbocycles. The second kappa shape index (κ2) is 6.06. The van der Waals surface area contributed by atoms with Crippen molar-refractivity contribution in [3.05, 3.63) is 29.8 Å². The lowest BCUT2D eigenvalue weighted by Gasteiger charge is -2.31. The SMILES string of the molecule is CC(c1cccc(N)c1)N(C)C1CCCCNC1=O. The van der Waals surface area contributed by atoms with E-state index < -0.39 is 0 Å². The van der Waals surface area contributed by atoms with Crippen molar-refractivity contribution in [1.29, 1.82) is 0 Å². The Morgan fingerprint density at radius 3 is 2.95 bits per heavy atom. The van der Waals surface area contributed by atoms with E-state index in [4.69, 9.17) is 5.73 Å². The first-order valence-electron chi connectivity index (χ1n) is 6.94. The maximum Gasteiger partial charge on any atom is 0.237 e. The van der Waals surface area contributed by atoms with E-state index in [1.807, 2.05) is 25.2 Å². The Hall–Kier alpha value is -1.55. The summed E-state index contributed by atoms with van der Waals surface area (Å²) in [4.78, 5) is 14.2. The van der Waals surface area contributed by atoms with Gasteiger partial charge in [-0.05, 0) is 50.9 Å². The highest BCUT2D eigenvalue weighted by Crippen LogP contribution is 2.25. The van der Waals surface area contributed by atoms with Gasteiger partial charge in [0, 0.05) is 18.3 Å². The highest BCUT2D eigenvalue weighted by atomic mass is 16.2. The van der Waals surface area contributed by atoms with Crippen LogP contribution in [0.1, 0.15) is 37.8 Å². The highest BCUT2D eigenvalue weighted by molar-refractivity contribution is 5.81. The quantitative estimate of drug-likeness (QED) is 0.817. The van der Waals surface area contributed by atoms with Crippen molar-refractivity contribution in [1.82, 2.24) is 10.2 Å². The summed E-state index contributed by atoms with van der Waals surface area (Å²) in [6.07, 6.45) is 3.09. The predicted molar refractivity (Wildman–Crippen MR) is 77.7 cm³/mol. The molecule has 1 aromatic rings. The lowest BCUT2D eigenvalue weighted by molar-refractivity contribution is -0.126. The molecule has 2 unspecified atom stereocenters.